The van der Waals surface area contributed by atoms with Gasteiger partial charge >= 0.3 is 6.03 Å². The number of hydrogen-bond donors (Lipinski definition) is 0. The minimum Gasteiger partial charge on any atom is -0.497 e. The summed E-state index contributed by atoms with van der Waals surface area (Å²) < 4.78 is 16.3. The quantitative estimate of drug-likeness (QED) is 0.713. The van der Waals surface area contributed by atoms with Crippen LogP contribution in [0.3, 0.4) is 0 Å². The fraction of sp³-hybridized carbons (Fsp3) is 0.381. The second-order valence-electron chi connectivity index (χ2n) is 6.64. The van der Waals surface area contributed by atoms with Gasteiger partial charge in [0.2, 0.25) is 0 Å². The molecule has 0 saturated carbocycles. The first-order valence-corrected chi connectivity index (χ1v) is 9.08. The van der Waals surface area contributed by atoms with Gasteiger partial charge in [0, 0.05) is 18.8 Å². The Bertz CT molecular complexity index is 749. The van der Waals surface area contributed by atoms with E-state index in [0.29, 0.717) is 32.7 Å². The highest BCUT2D eigenvalue weighted by Gasteiger charge is 2.32. The number of furan rings is 1. The fourth-order valence-corrected chi connectivity index (χ4v) is 3.20. The van der Waals surface area contributed by atoms with Gasteiger partial charge in [-0.2, -0.15) is 0 Å². The van der Waals surface area contributed by atoms with Crippen molar-refractivity contribution in [2.45, 2.75) is 19.4 Å². The number of carbonyl (C=O) groups is 1. The summed E-state index contributed by atoms with van der Waals surface area (Å²) in [5, 5.41) is 0. The molecule has 6 nitrogen and oxygen atoms in total. The van der Waals surface area contributed by atoms with E-state index in [1.54, 1.807) is 18.3 Å². The van der Waals surface area contributed by atoms with E-state index in [-0.39, 0.29) is 12.1 Å². The summed E-state index contributed by atoms with van der Waals surface area (Å²) in [5.74, 6) is 1.47. The molecule has 6 heteroatoms. The number of morpholine rings is 1. The Hall–Kier alpha value is -2.73. The number of urea groups is 1. The summed E-state index contributed by atoms with van der Waals surface area (Å²) >= 11 is 0. The van der Waals surface area contributed by atoms with Crippen molar-refractivity contribution in [3.63, 3.8) is 0 Å². The first kappa shape index (κ1) is 19.0. The van der Waals surface area contributed by atoms with E-state index in [1.807, 2.05) is 48.2 Å². The SMILES string of the molecule is C=C(C)CC(c1ccco1)N(C(=O)N1CCOCC1)c1ccc(OC)cc1. The Balaban J connectivity index is 2.00. The fourth-order valence-electron chi connectivity index (χ4n) is 3.20. The Kier molecular flexibility index (Phi) is 6.19. The number of nitrogens with zero attached hydrogens (tertiary/aromatic N) is 2. The van der Waals surface area contributed by atoms with E-state index in [9.17, 15) is 4.79 Å². The van der Waals surface area contributed by atoms with Crippen molar-refractivity contribution in [1.29, 1.82) is 0 Å². The van der Waals surface area contributed by atoms with Gasteiger partial charge < -0.3 is 18.8 Å². The monoisotopic (exact) mass is 370 g/mol. The normalized spacial score (nSPS) is 15.3. The lowest BCUT2D eigenvalue weighted by Crippen LogP contribution is -2.49. The van der Waals surface area contributed by atoms with Gasteiger partial charge in [-0.3, -0.25) is 4.90 Å². The molecule has 144 valence electrons. The van der Waals surface area contributed by atoms with Gasteiger partial charge in [0.05, 0.1) is 26.6 Å². The number of methoxy groups -OCH3 is 1. The predicted molar refractivity (Wildman–Crippen MR) is 104 cm³/mol. The van der Waals surface area contributed by atoms with Crippen molar-refractivity contribution in [2.24, 2.45) is 0 Å². The topological polar surface area (TPSA) is 55.2 Å². The summed E-state index contributed by atoms with van der Waals surface area (Å²) in [6, 6.07) is 10.9. The molecule has 2 amide bonds. The van der Waals surface area contributed by atoms with Gasteiger partial charge in [-0.1, -0.05) is 5.57 Å². The zero-order valence-electron chi connectivity index (χ0n) is 15.9. The third-order valence-electron chi connectivity index (χ3n) is 4.56. The number of anilines is 1. The van der Waals surface area contributed by atoms with Crippen LogP contribution in [0.2, 0.25) is 0 Å². The third kappa shape index (κ3) is 4.52. The molecule has 1 saturated heterocycles. The Morgan fingerprint density at radius 2 is 1.96 bits per heavy atom. The molecule has 1 aliphatic heterocycles. The predicted octanol–water partition coefficient (Wildman–Crippen LogP) is 4.25. The van der Waals surface area contributed by atoms with Gasteiger partial charge in [0.25, 0.3) is 0 Å². The van der Waals surface area contributed by atoms with Crippen LogP contribution in [0.4, 0.5) is 10.5 Å². The molecule has 27 heavy (non-hydrogen) atoms. The van der Waals surface area contributed by atoms with Gasteiger partial charge in [-0.15, -0.1) is 6.58 Å². The van der Waals surface area contributed by atoms with E-state index in [0.717, 1.165) is 22.8 Å². The van der Waals surface area contributed by atoms with Gasteiger partial charge in [0.15, 0.2) is 0 Å². The van der Waals surface area contributed by atoms with Gasteiger partial charge in [0.1, 0.15) is 17.6 Å². The van der Waals surface area contributed by atoms with Crippen LogP contribution in [0, 0.1) is 0 Å². The molecule has 0 bridgehead atoms. The molecule has 1 fully saturated rings. The molecule has 1 aromatic carbocycles. The number of ether oxygens (including phenoxy) is 2. The second-order valence-corrected chi connectivity index (χ2v) is 6.64. The van der Waals surface area contributed by atoms with E-state index in [2.05, 4.69) is 6.58 Å². The Labute approximate surface area is 160 Å². The van der Waals surface area contributed by atoms with Crippen LogP contribution in [0.1, 0.15) is 25.1 Å². The zero-order valence-corrected chi connectivity index (χ0v) is 15.9. The molecule has 0 spiro atoms. The molecule has 2 heterocycles. The molecule has 0 N–H and O–H groups in total. The highest BCUT2D eigenvalue weighted by atomic mass is 16.5. The molecule has 1 atom stereocenters. The molecular formula is C21H26N2O4. The Morgan fingerprint density at radius 3 is 2.52 bits per heavy atom. The second kappa shape index (κ2) is 8.77. The van der Waals surface area contributed by atoms with Crippen molar-refractivity contribution in [2.75, 3.05) is 38.3 Å². The highest BCUT2D eigenvalue weighted by molar-refractivity contribution is 5.93. The summed E-state index contributed by atoms with van der Waals surface area (Å²) in [4.78, 5) is 17.1. The van der Waals surface area contributed by atoms with Crippen molar-refractivity contribution in [3.05, 3.63) is 60.6 Å². The standard InChI is InChI=1S/C21H26N2O4/c1-16(2)15-19(20-5-4-12-27-20)23(17-6-8-18(25-3)9-7-17)21(24)22-10-13-26-14-11-22/h4-9,12,19H,1,10-11,13-15H2,2-3H3. The molecule has 3 rings (SSSR count). The largest absolute Gasteiger partial charge is 0.497 e. The maximum absolute atomic E-state index is 13.5. The molecule has 1 aromatic heterocycles. The lowest BCUT2D eigenvalue weighted by molar-refractivity contribution is 0.0543. The smallest absolute Gasteiger partial charge is 0.325 e. The number of benzene rings is 1. The zero-order chi connectivity index (χ0) is 19.2. The average Bonchev–Trinajstić information content (AvgIpc) is 3.23. The van der Waals surface area contributed by atoms with Crippen molar-refractivity contribution in [1.82, 2.24) is 4.90 Å². The van der Waals surface area contributed by atoms with E-state index >= 15 is 0 Å². The first-order chi connectivity index (χ1) is 13.1. The average molecular weight is 370 g/mol. The summed E-state index contributed by atoms with van der Waals surface area (Å²) in [6.45, 7) is 8.25. The van der Waals surface area contributed by atoms with Crippen LogP contribution in [-0.2, 0) is 4.74 Å². The number of amides is 2. The number of hydrogen-bond acceptors (Lipinski definition) is 4. The van der Waals surface area contributed by atoms with Crippen LogP contribution in [-0.4, -0.2) is 44.3 Å². The molecule has 1 aliphatic rings. The molecule has 0 radical (unpaired) electrons. The van der Waals surface area contributed by atoms with Crippen LogP contribution in [0.25, 0.3) is 0 Å². The molecule has 1 unspecified atom stereocenters. The number of carbonyl (C=O) groups excluding carboxylic acids is 1. The minimum absolute atomic E-state index is 0.0638. The highest BCUT2D eigenvalue weighted by Crippen LogP contribution is 2.34. The van der Waals surface area contributed by atoms with Gasteiger partial charge in [-0.25, -0.2) is 4.79 Å². The Morgan fingerprint density at radius 1 is 1.26 bits per heavy atom. The molecule has 2 aromatic rings. The molecule has 0 aliphatic carbocycles. The summed E-state index contributed by atoms with van der Waals surface area (Å²) in [5.41, 5.74) is 1.76. The third-order valence-corrected chi connectivity index (χ3v) is 4.56. The van der Waals surface area contributed by atoms with E-state index < -0.39 is 0 Å². The maximum Gasteiger partial charge on any atom is 0.325 e. The molecular weight excluding hydrogens is 344 g/mol. The first-order valence-electron chi connectivity index (χ1n) is 9.08. The van der Waals surface area contributed by atoms with Crippen molar-refractivity contribution < 1.29 is 18.7 Å². The van der Waals surface area contributed by atoms with Crippen LogP contribution in [0.15, 0.2) is 59.2 Å². The summed E-state index contributed by atoms with van der Waals surface area (Å²) in [7, 11) is 1.62. The maximum atomic E-state index is 13.5. The van der Waals surface area contributed by atoms with Crippen molar-refractivity contribution in [3.8, 4) is 5.75 Å². The lowest BCUT2D eigenvalue weighted by Gasteiger charge is -2.37. The van der Waals surface area contributed by atoms with Crippen LogP contribution < -0.4 is 9.64 Å². The lowest BCUT2D eigenvalue weighted by atomic mass is 10.0. The summed E-state index contributed by atoms with van der Waals surface area (Å²) in [6.07, 6.45) is 2.24. The minimum atomic E-state index is -0.277. The van der Waals surface area contributed by atoms with Crippen LogP contribution >= 0.6 is 0 Å². The van der Waals surface area contributed by atoms with E-state index in [1.165, 1.54) is 0 Å². The number of rotatable bonds is 6. The van der Waals surface area contributed by atoms with Crippen LogP contribution in [0.5, 0.6) is 5.75 Å². The van der Waals surface area contributed by atoms with Crippen molar-refractivity contribution >= 4 is 11.7 Å². The van der Waals surface area contributed by atoms with E-state index in [4.69, 9.17) is 13.9 Å². The van der Waals surface area contributed by atoms with Gasteiger partial charge in [-0.05, 0) is 49.7 Å².